The van der Waals surface area contributed by atoms with Gasteiger partial charge in [-0.1, -0.05) is 0 Å². The topological polar surface area (TPSA) is 94.1 Å². The number of hydrogen-bond acceptors (Lipinski definition) is 6. The van der Waals surface area contributed by atoms with Crippen LogP contribution in [-0.2, 0) is 11.3 Å². The number of H-pyrrole nitrogens is 1. The van der Waals surface area contributed by atoms with Gasteiger partial charge in [-0.25, -0.2) is 9.78 Å². The van der Waals surface area contributed by atoms with E-state index in [0.29, 0.717) is 27.0 Å². The first-order chi connectivity index (χ1) is 11.9. The Balaban J connectivity index is 1.94. The van der Waals surface area contributed by atoms with Crippen LogP contribution in [0.1, 0.15) is 39.0 Å². The van der Waals surface area contributed by atoms with Crippen molar-refractivity contribution in [3.8, 4) is 0 Å². The number of ether oxygens (including phenoxy) is 1. The normalized spacial score (nSPS) is 11.0. The number of hydrogen-bond donors (Lipinski definition) is 1. The number of aromatic nitrogens is 3. The number of carbonyl (C=O) groups is 2. The minimum absolute atomic E-state index is 0.137. The Kier molecular flexibility index (Phi) is 4.54. The lowest BCUT2D eigenvalue weighted by molar-refractivity contribution is 0.0519. The number of aromatic amines is 1. The minimum atomic E-state index is -0.499. The molecule has 0 spiro atoms. The molecule has 0 amide bonds. The van der Waals surface area contributed by atoms with Gasteiger partial charge in [0.2, 0.25) is 0 Å². The molecule has 25 heavy (non-hydrogen) atoms. The fourth-order valence-electron chi connectivity index (χ4n) is 2.80. The van der Waals surface area contributed by atoms with Crippen molar-refractivity contribution in [2.75, 3.05) is 6.61 Å². The summed E-state index contributed by atoms with van der Waals surface area (Å²) < 4.78 is 6.80. The van der Waals surface area contributed by atoms with Crippen molar-refractivity contribution in [2.45, 2.75) is 27.3 Å². The highest BCUT2D eigenvalue weighted by atomic mass is 32.1. The number of fused-ring (bicyclic) bond motifs is 1. The van der Waals surface area contributed by atoms with E-state index in [-0.39, 0.29) is 30.2 Å². The predicted molar refractivity (Wildman–Crippen MR) is 94.4 cm³/mol. The summed E-state index contributed by atoms with van der Waals surface area (Å²) in [5.41, 5.74) is 2.15. The second-order valence-corrected chi connectivity index (χ2v) is 6.50. The Morgan fingerprint density at radius 3 is 2.84 bits per heavy atom. The van der Waals surface area contributed by atoms with Crippen LogP contribution in [0.3, 0.4) is 0 Å². The maximum atomic E-state index is 12.7. The monoisotopic (exact) mass is 359 g/mol. The third kappa shape index (κ3) is 3.00. The van der Waals surface area contributed by atoms with Crippen molar-refractivity contribution >= 4 is 33.3 Å². The van der Waals surface area contributed by atoms with Gasteiger partial charge >= 0.3 is 5.97 Å². The van der Waals surface area contributed by atoms with Crippen LogP contribution in [0.4, 0.5) is 0 Å². The van der Waals surface area contributed by atoms with Crippen LogP contribution in [0.25, 0.3) is 10.2 Å². The third-order valence-electron chi connectivity index (χ3n) is 3.95. The Morgan fingerprint density at radius 2 is 2.12 bits per heavy atom. The molecule has 0 aliphatic rings. The van der Waals surface area contributed by atoms with Gasteiger partial charge in [0, 0.05) is 11.3 Å². The molecule has 8 heteroatoms. The molecule has 0 radical (unpaired) electrons. The zero-order valence-electron chi connectivity index (χ0n) is 14.1. The second-order valence-electron chi connectivity index (χ2n) is 5.58. The first-order valence-electron chi connectivity index (χ1n) is 7.76. The maximum Gasteiger partial charge on any atom is 0.355 e. The maximum absolute atomic E-state index is 12.7. The number of esters is 1. The van der Waals surface area contributed by atoms with E-state index in [1.54, 1.807) is 32.2 Å². The highest BCUT2D eigenvalue weighted by Gasteiger charge is 2.23. The van der Waals surface area contributed by atoms with Crippen molar-refractivity contribution in [3.63, 3.8) is 0 Å². The summed E-state index contributed by atoms with van der Waals surface area (Å²) in [5.74, 6) is -0.761. The first-order valence-corrected chi connectivity index (χ1v) is 8.64. The number of aryl methyl sites for hydroxylation is 1. The van der Waals surface area contributed by atoms with Crippen molar-refractivity contribution in [1.82, 2.24) is 14.5 Å². The molecule has 0 unspecified atom stereocenters. The molecule has 0 aromatic carbocycles. The number of nitrogens with one attached hydrogen (secondary N) is 1. The van der Waals surface area contributed by atoms with Crippen LogP contribution in [0.5, 0.6) is 0 Å². The van der Waals surface area contributed by atoms with E-state index in [1.165, 1.54) is 22.2 Å². The number of nitrogens with zero attached hydrogens (tertiary/aromatic N) is 2. The molecule has 0 aliphatic carbocycles. The molecule has 0 fully saturated rings. The lowest BCUT2D eigenvalue weighted by atomic mass is 10.1. The molecule has 3 rings (SSSR count). The van der Waals surface area contributed by atoms with Crippen molar-refractivity contribution in [2.24, 2.45) is 0 Å². The molecule has 0 atom stereocenters. The molecule has 130 valence electrons. The molecule has 1 N–H and O–H groups in total. The van der Waals surface area contributed by atoms with Crippen LogP contribution in [0.2, 0.25) is 0 Å². The van der Waals surface area contributed by atoms with Gasteiger partial charge in [-0.05, 0) is 37.8 Å². The van der Waals surface area contributed by atoms with Gasteiger partial charge in [0.05, 0.1) is 25.0 Å². The second kappa shape index (κ2) is 6.64. The average molecular weight is 359 g/mol. The van der Waals surface area contributed by atoms with Gasteiger partial charge in [-0.15, -0.1) is 11.3 Å². The molecule has 3 heterocycles. The van der Waals surface area contributed by atoms with E-state index in [9.17, 15) is 14.4 Å². The highest BCUT2D eigenvalue weighted by Crippen LogP contribution is 2.20. The lowest BCUT2D eigenvalue weighted by Gasteiger charge is -2.06. The molecule has 0 aliphatic heterocycles. The molecule has 0 saturated heterocycles. The standard InChI is InChI=1S/C17H17N3O4S/c1-4-24-17(23)14-9(2)13(10(3)19-14)12(21)7-20-8-18-11-5-6-25-15(11)16(20)22/h5-6,8,19H,4,7H2,1-3H3. The minimum Gasteiger partial charge on any atom is -0.461 e. The molecule has 3 aromatic rings. The zero-order valence-corrected chi connectivity index (χ0v) is 14.9. The van der Waals surface area contributed by atoms with Crippen molar-refractivity contribution in [1.29, 1.82) is 0 Å². The molecular weight excluding hydrogens is 342 g/mol. The van der Waals surface area contributed by atoms with Gasteiger partial charge in [0.1, 0.15) is 10.4 Å². The van der Waals surface area contributed by atoms with Crippen molar-refractivity contribution < 1.29 is 14.3 Å². The van der Waals surface area contributed by atoms with Crippen LogP contribution < -0.4 is 5.56 Å². The predicted octanol–water partition coefficient (Wildman–Crippen LogP) is 2.46. The Hall–Kier alpha value is -2.74. The largest absolute Gasteiger partial charge is 0.461 e. The summed E-state index contributed by atoms with van der Waals surface area (Å²) >= 11 is 1.30. The molecule has 0 saturated carbocycles. The lowest BCUT2D eigenvalue weighted by Crippen LogP contribution is -2.24. The Bertz CT molecular complexity index is 1030. The summed E-state index contributed by atoms with van der Waals surface area (Å²) in [6, 6.07) is 1.76. The smallest absolute Gasteiger partial charge is 0.355 e. The molecular formula is C17H17N3O4S. The van der Waals surface area contributed by atoms with E-state index in [0.717, 1.165) is 0 Å². The average Bonchev–Trinajstić information content (AvgIpc) is 3.15. The van der Waals surface area contributed by atoms with Gasteiger partial charge in [0.15, 0.2) is 5.78 Å². The summed E-state index contributed by atoms with van der Waals surface area (Å²) in [5, 5.41) is 1.79. The first kappa shape index (κ1) is 17.1. The Morgan fingerprint density at radius 1 is 1.36 bits per heavy atom. The summed E-state index contributed by atoms with van der Waals surface area (Å²) in [4.78, 5) is 44.2. The Labute approximate surface area is 147 Å². The quantitative estimate of drug-likeness (QED) is 0.558. The summed E-state index contributed by atoms with van der Waals surface area (Å²) in [7, 11) is 0. The number of rotatable bonds is 5. The summed E-state index contributed by atoms with van der Waals surface area (Å²) in [6.07, 6.45) is 1.37. The molecule has 0 bridgehead atoms. The fourth-order valence-corrected chi connectivity index (χ4v) is 3.59. The van der Waals surface area contributed by atoms with Crippen LogP contribution in [-0.4, -0.2) is 32.9 Å². The van der Waals surface area contributed by atoms with Crippen molar-refractivity contribution in [3.05, 3.63) is 50.6 Å². The fraction of sp³-hybridized carbons (Fsp3) is 0.294. The third-order valence-corrected chi connectivity index (χ3v) is 4.84. The number of thiophene rings is 1. The van der Waals surface area contributed by atoms with E-state index in [2.05, 4.69) is 9.97 Å². The SMILES string of the molecule is CCOC(=O)c1[nH]c(C)c(C(=O)Cn2cnc3ccsc3c2=O)c1C. The van der Waals surface area contributed by atoms with Crippen LogP contribution >= 0.6 is 11.3 Å². The number of carbonyl (C=O) groups excluding carboxylic acids is 2. The molecule has 7 nitrogen and oxygen atoms in total. The van der Waals surface area contributed by atoms with E-state index in [4.69, 9.17) is 4.74 Å². The van der Waals surface area contributed by atoms with Crippen LogP contribution in [0.15, 0.2) is 22.6 Å². The van der Waals surface area contributed by atoms with E-state index in [1.807, 2.05) is 0 Å². The van der Waals surface area contributed by atoms with Gasteiger partial charge in [0.25, 0.3) is 5.56 Å². The van der Waals surface area contributed by atoms with Gasteiger partial charge in [-0.3, -0.25) is 14.2 Å². The summed E-state index contributed by atoms with van der Waals surface area (Å²) in [6.45, 7) is 5.23. The highest BCUT2D eigenvalue weighted by molar-refractivity contribution is 7.17. The zero-order chi connectivity index (χ0) is 18.1. The van der Waals surface area contributed by atoms with E-state index < -0.39 is 5.97 Å². The number of ketones is 1. The molecule has 3 aromatic heterocycles. The van der Waals surface area contributed by atoms with Gasteiger partial charge in [-0.2, -0.15) is 0 Å². The van der Waals surface area contributed by atoms with Crippen LogP contribution in [0, 0.1) is 13.8 Å². The number of Topliss-reactive ketones (excluding diaryl/α,β-unsaturated/α-hetero) is 1. The van der Waals surface area contributed by atoms with E-state index >= 15 is 0 Å². The van der Waals surface area contributed by atoms with Gasteiger partial charge < -0.3 is 9.72 Å².